The van der Waals surface area contributed by atoms with Gasteiger partial charge >= 0.3 is 0 Å². The van der Waals surface area contributed by atoms with E-state index in [-0.39, 0.29) is 11.8 Å². The van der Waals surface area contributed by atoms with Crippen LogP contribution < -0.4 is 10.6 Å². The van der Waals surface area contributed by atoms with Crippen LogP contribution in [-0.4, -0.2) is 28.4 Å². The molecular weight excluding hydrogens is 314 g/mol. The van der Waals surface area contributed by atoms with Gasteiger partial charge < -0.3 is 10.6 Å². The molecule has 3 heterocycles. The topological polar surface area (TPSA) is 87.4 Å². The zero-order chi connectivity index (χ0) is 17.6. The third kappa shape index (κ3) is 2.40. The highest BCUT2D eigenvalue weighted by atomic mass is 16.1. The first-order chi connectivity index (χ1) is 12.1. The molecule has 4 rings (SSSR count). The van der Waals surface area contributed by atoms with E-state index in [1.54, 1.807) is 0 Å². The van der Waals surface area contributed by atoms with E-state index in [2.05, 4.69) is 20.4 Å². The van der Waals surface area contributed by atoms with Gasteiger partial charge in [-0.1, -0.05) is 12.1 Å². The number of carbonyl (C=O) groups excluding carboxylic acids is 1. The molecule has 0 saturated carbocycles. The number of amides is 1. The summed E-state index contributed by atoms with van der Waals surface area (Å²) < 4.78 is 2.06. The van der Waals surface area contributed by atoms with Crippen molar-refractivity contribution in [2.75, 3.05) is 18.0 Å². The Morgan fingerprint density at radius 2 is 2.04 bits per heavy atom. The molecule has 0 aliphatic carbocycles. The molecule has 6 nitrogen and oxygen atoms in total. The lowest BCUT2D eigenvalue weighted by atomic mass is 9.96. The van der Waals surface area contributed by atoms with Crippen molar-refractivity contribution in [3.05, 3.63) is 41.5 Å². The second-order valence-electron chi connectivity index (χ2n) is 6.60. The third-order valence-electron chi connectivity index (χ3n) is 5.09. The van der Waals surface area contributed by atoms with Gasteiger partial charge in [0.2, 0.25) is 5.91 Å². The van der Waals surface area contributed by atoms with E-state index in [0.717, 1.165) is 48.3 Å². The molecule has 0 radical (unpaired) electrons. The van der Waals surface area contributed by atoms with E-state index < -0.39 is 0 Å². The van der Waals surface area contributed by atoms with Crippen LogP contribution in [0.4, 0.5) is 5.82 Å². The first-order valence-electron chi connectivity index (χ1n) is 8.45. The van der Waals surface area contributed by atoms with Crippen molar-refractivity contribution in [2.45, 2.75) is 19.8 Å². The van der Waals surface area contributed by atoms with Crippen molar-refractivity contribution in [1.29, 1.82) is 5.26 Å². The highest BCUT2D eigenvalue weighted by Gasteiger charge is 2.26. The Hall–Kier alpha value is -3.07. The van der Waals surface area contributed by atoms with Gasteiger partial charge in [0, 0.05) is 19.0 Å². The Morgan fingerprint density at radius 3 is 2.72 bits per heavy atom. The van der Waals surface area contributed by atoms with Crippen molar-refractivity contribution >= 4 is 28.4 Å². The smallest absolute Gasteiger partial charge is 0.220 e. The second-order valence-corrected chi connectivity index (χ2v) is 6.60. The van der Waals surface area contributed by atoms with E-state index in [9.17, 15) is 10.1 Å². The summed E-state index contributed by atoms with van der Waals surface area (Å²) in [6.07, 6.45) is 1.50. The lowest BCUT2D eigenvalue weighted by Crippen LogP contribution is -2.39. The number of hydrogen-bond donors (Lipinski definition) is 1. The molecule has 0 spiro atoms. The van der Waals surface area contributed by atoms with Gasteiger partial charge in [-0.15, -0.1) is 0 Å². The van der Waals surface area contributed by atoms with Gasteiger partial charge in [-0.3, -0.25) is 9.20 Å². The number of nitrogens with two attached hydrogens (primary N) is 1. The molecule has 2 N–H and O–H groups in total. The van der Waals surface area contributed by atoms with Crippen LogP contribution in [0.2, 0.25) is 0 Å². The van der Waals surface area contributed by atoms with E-state index in [0.29, 0.717) is 11.2 Å². The highest BCUT2D eigenvalue weighted by Crippen LogP contribution is 2.31. The largest absolute Gasteiger partial charge is 0.369 e. The van der Waals surface area contributed by atoms with Gasteiger partial charge in [-0.25, -0.2) is 4.98 Å². The van der Waals surface area contributed by atoms with Gasteiger partial charge in [0.15, 0.2) is 5.65 Å². The SMILES string of the molecule is Cc1cc(N2CCC(C(N)=O)CC2)n2c(nc3ccccc32)c1C#N. The minimum absolute atomic E-state index is 0.0502. The predicted octanol–water partition coefficient (Wildman–Crippen LogP) is 2.37. The Bertz CT molecular complexity index is 1020. The van der Waals surface area contributed by atoms with E-state index >= 15 is 0 Å². The molecule has 0 bridgehead atoms. The maximum atomic E-state index is 11.4. The number of aromatic nitrogens is 2. The van der Waals surface area contributed by atoms with Crippen LogP contribution in [0.3, 0.4) is 0 Å². The van der Waals surface area contributed by atoms with Crippen molar-refractivity contribution in [2.24, 2.45) is 11.7 Å². The molecule has 1 amide bonds. The Balaban J connectivity index is 1.90. The zero-order valence-electron chi connectivity index (χ0n) is 14.1. The average molecular weight is 333 g/mol. The fraction of sp³-hybridized carbons (Fsp3) is 0.316. The molecule has 1 fully saturated rings. The van der Waals surface area contributed by atoms with Gasteiger partial charge in [0.05, 0.1) is 16.6 Å². The average Bonchev–Trinajstić information content (AvgIpc) is 3.00. The summed E-state index contributed by atoms with van der Waals surface area (Å²) in [5.41, 5.74) is 9.52. The standard InChI is InChI=1S/C19H19N5O/c1-12-10-17(23-8-6-13(7-9-23)18(21)25)24-16-5-3-2-4-15(16)22-19(24)14(12)11-20/h2-5,10,13H,6-9H2,1H3,(H2,21,25). The third-order valence-corrected chi connectivity index (χ3v) is 5.09. The number of para-hydroxylation sites is 2. The monoisotopic (exact) mass is 333 g/mol. The van der Waals surface area contributed by atoms with Crippen molar-refractivity contribution in [3.8, 4) is 6.07 Å². The van der Waals surface area contributed by atoms with E-state index in [1.165, 1.54) is 0 Å². The van der Waals surface area contributed by atoms with Gasteiger partial charge in [-0.05, 0) is 43.5 Å². The first-order valence-corrected chi connectivity index (χ1v) is 8.45. The Labute approximate surface area is 145 Å². The highest BCUT2D eigenvalue weighted by molar-refractivity contribution is 5.85. The molecule has 0 atom stereocenters. The fourth-order valence-corrected chi connectivity index (χ4v) is 3.70. The number of anilines is 1. The zero-order valence-corrected chi connectivity index (χ0v) is 14.1. The molecule has 1 saturated heterocycles. The fourth-order valence-electron chi connectivity index (χ4n) is 3.70. The van der Waals surface area contributed by atoms with Crippen molar-refractivity contribution in [3.63, 3.8) is 0 Å². The van der Waals surface area contributed by atoms with Crippen LogP contribution in [0, 0.1) is 24.2 Å². The molecule has 1 aliphatic heterocycles. The number of aryl methyl sites for hydroxylation is 1. The summed E-state index contributed by atoms with van der Waals surface area (Å²) in [6.45, 7) is 3.47. The van der Waals surface area contributed by atoms with Crippen molar-refractivity contribution < 1.29 is 4.79 Å². The number of nitriles is 1. The number of benzene rings is 1. The maximum Gasteiger partial charge on any atom is 0.220 e. The molecule has 6 heteroatoms. The molecule has 1 aromatic carbocycles. The molecular formula is C19H19N5O. The van der Waals surface area contributed by atoms with Crippen LogP contribution in [0.15, 0.2) is 30.3 Å². The molecule has 126 valence electrons. The lowest BCUT2D eigenvalue weighted by Gasteiger charge is -2.33. The summed E-state index contributed by atoms with van der Waals surface area (Å²) in [7, 11) is 0. The van der Waals surface area contributed by atoms with Crippen molar-refractivity contribution in [1.82, 2.24) is 9.38 Å². The van der Waals surface area contributed by atoms with Gasteiger partial charge in [0.25, 0.3) is 0 Å². The van der Waals surface area contributed by atoms with Gasteiger partial charge in [0.1, 0.15) is 11.9 Å². The minimum atomic E-state index is -0.214. The number of piperidine rings is 1. The quantitative estimate of drug-likeness (QED) is 0.780. The number of nitrogens with zero attached hydrogens (tertiary/aromatic N) is 4. The normalized spacial score (nSPS) is 15.6. The second kappa shape index (κ2) is 5.78. The number of rotatable bonds is 2. The number of primary amides is 1. The van der Waals surface area contributed by atoms with E-state index in [1.807, 2.05) is 37.3 Å². The van der Waals surface area contributed by atoms with Crippen LogP contribution in [0.1, 0.15) is 24.0 Å². The summed E-state index contributed by atoms with van der Waals surface area (Å²) >= 11 is 0. The lowest BCUT2D eigenvalue weighted by molar-refractivity contribution is -0.122. The van der Waals surface area contributed by atoms with Crippen LogP contribution >= 0.6 is 0 Å². The summed E-state index contributed by atoms with van der Waals surface area (Å²) in [6, 6.07) is 12.2. The maximum absolute atomic E-state index is 11.4. The minimum Gasteiger partial charge on any atom is -0.369 e. The van der Waals surface area contributed by atoms with Gasteiger partial charge in [-0.2, -0.15) is 5.26 Å². The number of pyridine rings is 1. The number of hydrogen-bond acceptors (Lipinski definition) is 4. The Kier molecular flexibility index (Phi) is 3.57. The Morgan fingerprint density at radius 1 is 1.32 bits per heavy atom. The predicted molar refractivity (Wildman–Crippen MR) is 96.3 cm³/mol. The molecule has 25 heavy (non-hydrogen) atoms. The van der Waals surface area contributed by atoms with Crippen LogP contribution in [0.25, 0.3) is 16.7 Å². The van der Waals surface area contributed by atoms with E-state index in [4.69, 9.17) is 5.73 Å². The molecule has 2 aromatic heterocycles. The van der Waals surface area contributed by atoms with Crippen LogP contribution in [-0.2, 0) is 4.79 Å². The van der Waals surface area contributed by atoms with Crippen LogP contribution in [0.5, 0.6) is 0 Å². The molecule has 0 unspecified atom stereocenters. The number of carbonyl (C=O) groups is 1. The molecule has 3 aromatic rings. The number of fused-ring (bicyclic) bond motifs is 3. The summed E-state index contributed by atoms with van der Waals surface area (Å²) in [5, 5.41) is 9.57. The first kappa shape index (κ1) is 15.5. The summed E-state index contributed by atoms with van der Waals surface area (Å²) in [5.74, 6) is 0.753. The molecule has 1 aliphatic rings. The summed E-state index contributed by atoms with van der Waals surface area (Å²) in [4.78, 5) is 18.4. The number of imidazole rings is 1.